The molecule has 1 rings (SSSR count). The first kappa shape index (κ1) is 19.9. The van der Waals surface area contributed by atoms with Crippen LogP contribution in [0, 0.1) is 0 Å². The minimum Gasteiger partial charge on any atom is -0.497 e. The summed E-state index contributed by atoms with van der Waals surface area (Å²) in [5.74, 6) is 0.930. The fourth-order valence-corrected chi connectivity index (χ4v) is 1.74. The van der Waals surface area contributed by atoms with E-state index in [2.05, 4.69) is 36.4 Å². The Morgan fingerprint density at radius 3 is 2.44 bits per heavy atom. The molecule has 0 fully saturated rings. The van der Waals surface area contributed by atoms with Crippen LogP contribution in [0.4, 0.5) is 0 Å². The molecule has 0 radical (unpaired) electrons. The van der Waals surface area contributed by atoms with Crippen molar-refractivity contribution in [3.05, 3.63) is 29.8 Å². The Bertz CT molecular complexity index is 322. The second kappa shape index (κ2) is 10.4. The van der Waals surface area contributed by atoms with Crippen LogP contribution in [0.1, 0.15) is 5.56 Å². The molecular weight excluding hydrogens is 271 g/mol. The van der Waals surface area contributed by atoms with Gasteiger partial charge >= 0.3 is 0 Å². The zero-order chi connectivity index (χ0) is 12.0. The number of nitrogens with one attached hydrogen (secondary N) is 1. The molecule has 0 spiro atoms. The van der Waals surface area contributed by atoms with Gasteiger partial charge in [-0.15, -0.1) is 24.8 Å². The SMILES string of the molecule is CNC[C@H](Cc1cccc(OC)c1)N(C)C.Cl.Cl. The van der Waals surface area contributed by atoms with Crippen molar-refractivity contribution in [2.45, 2.75) is 12.5 Å². The zero-order valence-electron chi connectivity index (χ0n) is 11.5. The molecule has 0 aromatic heterocycles. The number of ether oxygens (including phenoxy) is 1. The van der Waals surface area contributed by atoms with Gasteiger partial charge in [0, 0.05) is 12.6 Å². The number of rotatable bonds is 6. The molecule has 1 N–H and O–H groups in total. The van der Waals surface area contributed by atoms with Crippen LogP contribution in [0.25, 0.3) is 0 Å². The maximum absolute atomic E-state index is 5.23. The van der Waals surface area contributed by atoms with E-state index in [0.29, 0.717) is 6.04 Å². The van der Waals surface area contributed by atoms with Crippen molar-refractivity contribution in [2.75, 3.05) is 34.8 Å². The Hall–Kier alpha value is -0.480. The molecule has 0 aliphatic carbocycles. The normalized spacial score (nSPS) is 11.4. The summed E-state index contributed by atoms with van der Waals surface area (Å²) >= 11 is 0. The Morgan fingerprint density at radius 2 is 1.94 bits per heavy atom. The maximum atomic E-state index is 5.23. The van der Waals surface area contributed by atoms with E-state index in [4.69, 9.17) is 4.74 Å². The molecule has 0 saturated carbocycles. The molecule has 1 aromatic carbocycles. The van der Waals surface area contributed by atoms with Gasteiger partial charge in [-0.1, -0.05) is 12.1 Å². The summed E-state index contributed by atoms with van der Waals surface area (Å²) in [6.45, 7) is 0.990. The van der Waals surface area contributed by atoms with E-state index in [1.54, 1.807) is 7.11 Å². The highest BCUT2D eigenvalue weighted by molar-refractivity contribution is 5.85. The van der Waals surface area contributed by atoms with Gasteiger partial charge in [-0.05, 0) is 45.3 Å². The second-order valence-corrected chi connectivity index (χ2v) is 4.23. The summed E-state index contributed by atoms with van der Waals surface area (Å²) in [5.41, 5.74) is 1.31. The molecule has 1 atom stereocenters. The molecule has 3 nitrogen and oxygen atoms in total. The predicted molar refractivity (Wildman–Crippen MR) is 82.6 cm³/mol. The van der Waals surface area contributed by atoms with Gasteiger partial charge in [0.05, 0.1) is 7.11 Å². The van der Waals surface area contributed by atoms with Gasteiger partial charge in [0.2, 0.25) is 0 Å². The zero-order valence-corrected chi connectivity index (χ0v) is 13.1. The average Bonchev–Trinajstić information content (AvgIpc) is 2.28. The first-order valence-electron chi connectivity index (χ1n) is 5.61. The fourth-order valence-electron chi connectivity index (χ4n) is 1.74. The Labute approximate surface area is 123 Å². The van der Waals surface area contributed by atoms with Crippen molar-refractivity contribution in [3.63, 3.8) is 0 Å². The van der Waals surface area contributed by atoms with E-state index in [1.165, 1.54) is 5.56 Å². The lowest BCUT2D eigenvalue weighted by Crippen LogP contribution is -2.38. The van der Waals surface area contributed by atoms with Crippen molar-refractivity contribution < 1.29 is 4.74 Å². The summed E-state index contributed by atoms with van der Waals surface area (Å²) in [7, 11) is 7.92. The molecule has 0 saturated heterocycles. The molecule has 0 heterocycles. The van der Waals surface area contributed by atoms with E-state index in [-0.39, 0.29) is 24.8 Å². The van der Waals surface area contributed by atoms with Gasteiger partial charge in [0.1, 0.15) is 5.75 Å². The summed E-state index contributed by atoms with van der Waals surface area (Å²) in [4.78, 5) is 2.25. The summed E-state index contributed by atoms with van der Waals surface area (Å²) in [5, 5.41) is 3.23. The molecular formula is C13H24Cl2N2O. The van der Waals surface area contributed by atoms with E-state index in [0.717, 1.165) is 18.7 Å². The van der Waals surface area contributed by atoms with E-state index in [9.17, 15) is 0 Å². The summed E-state index contributed by atoms with van der Waals surface area (Å²) in [6.07, 6.45) is 1.03. The van der Waals surface area contributed by atoms with Crippen LogP contribution in [0.5, 0.6) is 5.75 Å². The van der Waals surface area contributed by atoms with E-state index < -0.39 is 0 Å². The third-order valence-corrected chi connectivity index (χ3v) is 2.78. The van der Waals surface area contributed by atoms with Crippen LogP contribution >= 0.6 is 24.8 Å². The lowest BCUT2D eigenvalue weighted by Gasteiger charge is -2.24. The van der Waals surface area contributed by atoms with Crippen LogP contribution in [0.15, 0.2) is 24.3 Å². The number of methoxy groups -OCH3 is 1. The van der Waals surface area contributed by atoms with Crippen LogP contribution in [-0.4, -0.2) is 45.7 Å². The van der Waals surface area contributed by atoms with Crippen LogP contribution in [0.2, 0.25) is 0 Å². The highest BCUT2D eigenvalue weighted by Gasteiger charge is 2.11. The number of halogens is 2. The lowest BCUT2D eigenvalue weighted by molar-refractivity contribution is 0.286. The molecule has 0 aliphatic heterocycles. The van der Waals surface area contributed by atoms with Gasteiger partial charge in [-0.3, -0.25) is 0 Å². The van der Waals surface area contributed by atoms with E-state index in [1.807, 2.05) is 19.2 Å². The van der Waals surface area contributed by atoms with Crippen LogP contribution in [0.3, 0.4) is 0 Å². The summed E-state index contributed by atoms with van der Waals surface area (Å²) < 4.78 is 5.23. The number of benzene rings is 1. The highest BCUT2D eigenvalue weighted by Crippen LogP contribution is 2.14. The first-order chi connectivity index (χ1) is 7.67. The molecule has 5 heteroatoms. The maximum Gasteiger partial charge on any atom is 0.119 e. The smallest absolute Gasteiger partial charge is 0.119 e. The molecule has 0 unspecified atom stereocenters. The highest BCUT2D eigenvalue weighted by atomic mass is 35.5. The molecule has 106 valence electrons. The van der Waals surface area contributed by atoms with Gasteiger partial charge in [-0.2, -0.15) is 0 Å². The summed E-state index contributed by atoms with van der Waals surface area (Å²) in [6, 6.07) is 8.78. The van der Waals surface area contributed by atoms with Crippen molar-refractivity contribution in [1.29, 1.82) is 0 Å². The largest absolute Gasteiger partial charge is 0.497 e. The van der Waals surface area contributed by atoms with Gasteiger partial charge < -0.3 is 15.0 Å². The lowest BCUT2D eigenvalue weighted by atomic mass is 10.0. The third-order valence-electron chi connectivity index (χ3n) is 2.78. The monoisotopic (exact) mass is 294 g/mol. The molecule has 1 aromatic rings. The first-order valence-corrected chi connectivity index (χ1v) is 5.61. The number of hydrogen-bond acceptors (Lipinski definition) is 3. The minimum absolute atomic E-state index is 0. The Kier molecular flexibility index (Phi) is 11.5. The topological polar surface area (TPSA) is 24.5 Å². The van der Waals surface area contributed by atoms with Crippen LogP contribution in [-0.2, 0) is 6.42 Å². The van der Waals surface area contributed by atoms with Crippen molar-refractivity contribution in [1.82, 2.24) is 10.2 Å². The number of hydrogen-bond donors (Lipinski definition) is 1. The molecule has 0 amide bonds. The van der Waals surface area contributed by atoms with Crippen molar-refractivity contribution >= 4 is 24.8 Å². The average molecular weight is 295 g/mol. The fraction of sp³-hybridized carbons (Fsp3) is 0.538. The van der Waals surface area contributed by atoms with Gasteiger partial charge in [0.25, 0.3) is 0 Å². The van der Waals surface area contributed by atoms with Gasteiger partial charge in [0.15, 0.2) is 0 Å². The van der Waals surface area contributed by atoms with Crippen molar-refractivity contribution in [2.24, 2.45) is 0 Å². The van der Waals surface area contributed by atoms with E-state index >= 15 is 0 Å². The second-order valence-electron chi connectivity index (χ2n) is 4.23. The van der Waals surface area contributed by atoms with Crippen molar-refractivity contribution in [3.8, 4) is 5.75 Å². The quantitative estimate of drug-likeness (QED) is 0.871. The Balaban J connectivity index is 0. The molecule has 18 heavy (non-hydrogen) atoms. The molecule has 0 aliphatic rings. The predicted octanol–water partition coefficient (Wildman–Crippen LogP) is 2.23. The standard InChI is InChI=1S/C13H22N2O.2ClH/c1-14-10-12(15(2)3)8-11-6-5-7-13(9-11)16-4;;/h5-7,9,12,14H,8,10H2,1-4H3;2*1H/t12-;;/m0../s1. The third kappa shape index (κ3) is 6.45. The van der Waals surface area contributed by atoms with Crippen LogP contribution < -0.4 is 10.1 Å². The number of nitrogens with zero attached hydrogens (tertiary/aromatic N) is 1. The molecule has 0 bridgehead atoms. The van der Waals surface area contributed by atoms with Gasteiger partial charge in [-0.25, -0.2) is 0 Å². The Morgan fingerprint density at radius 1 is 1.28 bits per heavy atom. The number of likely N-dealkylation sites (N-methyl/N-ethyl adjacent to an activating group) is 2. The minimum atomic E-state index is 0.